The fourth-order valence-corrected chi connectivity index (χ4v) is 0.833. The molecule has 0 aromatic carbocycles. The summed E-state index contributed by atoms with van der Waals surface area (Å²) in [7, 11) is 0. The van der Waals surface area contributed by atoms with E-state index < -0.39 is 11.6 Å². The lowest BCUT2D eigenvalue weighted by Gasteiger charge is -2.21. The summed E-state index contributed by atoms with van der Waals surface area (Å²) in [5, 5.41) is 0. The van der Waals surface area contributed by atoms with Gasteiger partial charge >= 0.3 is 5.97 Å². The van der Waals surface area contributed by atoms with Crippen molar-refractivity contribution in [1.29, 1.82) is 0 Å². The molecule has 0 aromatic heterocycles. The zero-order chi connectivity index (χ0) is 10.5. The third-order valence-electron chi connectivity index (χ3n) is 1.43. The lowest BCUT2D eigenvalue weighted by molar-refractivity contribution is -0.156. The van der Waals surface area contributed by atoms with Crippen LogP contribution in [-0.4, -0.2) is 24.2 Å². The third kappa shape index (κ3) is 6.54. The Labute approximate surface area is 79.6 Å². The molecule has 0 saturated heterocycles. The van der Waals surface area contributed by atoms with Crippen molar-refractivity contribution in [2.24, 2.45) is 11.5 Å². The minimum Gasteiger partial charge on any atom is -0.459 e. The predicted molar refractivity (Wildman–Crippen MR) is 52.1 cm³/mol. The van der Waals surface area contributed by atoms with Gasteiger partial charge in [0, 0.05) is 0 Å². The number of carbonyl (C=O) groups excluding carboxylic acids is 1. The van der Waals surface area contributed by atoms with Gasteiger partial charge in [-0.25, -0.2) is 0 Å². The number of carbonyl (C=O) groups is 1. The van der Waals surface area contributed by atoms with E-state index in [0.29, 0.717) is 13.0 Å². The molecule has 0 fully saturated rings. The molecule has 0 aliphatic heterocycles. The van der Waals surface area contributed by atoms with E-state index in [1.165, 1.54) is 0 Å². The van der Waals surface area contributed by atoms with Crippen molar-refractivity contribution in [3.05, 3.63) is 0 Å². The van der Waals surface area contributed by atoms with Gasteiger partial charge in [0.2, 0.25) is 0 Å². The normalized spacial score (nSPS) is 13.9. The molecule has 13 heavy (non-hydrogen) atoms. The highest BCUT2D eigenvalue weighted by atomic mass is 16.6. The van der Waals surface area contributed by atoms with Crippen LogP contribution in [0.3, 0.4) is 0 Å². The summed E-state index contributed by atoms with van der Waals surface area (Å²) in [5.74, 6) is -0.346. The molecule has 0 aromatic rings. The van der Waals surface area contributed by atoms with Gasteiger partial charge < -0.3 is 16.2 Å². The van der Waals surface area contributed by atoms with Crippen LogP contribution in [0.5, 0.6) is 0 Å². The van der Waals surface area contributed by atoms with E-state index in [2.05, 4.69) is 0 Å². The van der Waals surface area contributed by atoms with Crippen molar-refractivity contribution in [3.8, 4) is 0 Å². The van der Waals surface area contributed by atoms with E-state index in [0.717, 1.165) is 6.42 Å². The van der Waals surface area contributed by atoms with Crippen molar-refractivity contribution < 1.29 is 9.53 Å². The maximum Gasteiger partial charge on any atom is 0.323 e. The Bertz CT molecular complexity index is 163. The second-order valence-corrected chi connectivity index (χ2v) is 4.07. The fraction of sp³-hybridized carbons (Fsp3) is 0.889. The van der Waals surface area contributed by atoms with Crippen LogP contribution in [0.4, 0.5) is 0 Å². The quantitative estimate of drug-likeness (QED) is 0.626. The fourth-order valence-electron chi connectivity index (χ4n) is 0.833. The molecule has 0 bridgehead atoms. The van der Waals surface area contributed by atoms with Crippen molar-refractivity contribution in [2.75, 3.05) is 6.54 Å². The molecule has 0 aliphatic carbocycles. The first-order valence-corrected chi connectivity index (χ1v) is 4.55. The lowest BCUT2D eigenvalue weighted by Crippen LogP contribution is -2.37. The summed E-state index contributed by atoms with van der Waals surface area (Å²) in [6.07, 6.45) is 1.34. The zero-order valence-corrected chi connectivity index (χ0v) is 8.67. The Balaban J connectivity index is 3.83. The van der Waals surface area contributed by atoms with E-state index in [1.54, 1.807) is 0 Å². The zero-order valence-electron chi connectivity index (χ0n) is 8.67. The van der Waals surface area contributed by atoms with Gasteiger partial charge in [0.05, 0.1) is 0 Å². The van der Waals surface area contributed by atoms with E-state index in [4.69, 9.17) is 16.2 Å². The molecule has 0 aliphatic rings. The predicted octanol–water partition coefficient (Wildman–Crippen LogP) is 0.394. The van der Waals surface area contributed by atoms with Crippen LogP contribution in [0.15, 0.2) is 0 Å². The molecule has 0 saturated carbocycles. The minimum absolute atomic E-state index is 0.346. The van der Waals surface area contributed by atoms with Gasteiger partial charge in [-0.05, 0) is 40.2 Å². The topological polar surface area (TPSA) is 78.3 Å². The highest BCUT2D eigenvalue weighted by Crippen LogP contribution is 2.09. The van der Waals surface area contributed by atoms with Crippen molar-refractivity contribution in [1.82, 2.24) is 0 Å². The van der Waals surface area contributed by atoms with Crippen LogP contribution in [0.2, 0.25) is 0 Å². The first-order chi connectivity index (χ1) is 5.87. The summed E-state index contributed by atoms with van der Waals surface area (Å²) in [4.78, 5) is 11.3. The van der Waals surface area contributed by atoms with E-state index in [9.17, 15) is 4.79 Å². The molecule has 1 atom stereocenters. The lowest BCUT2D eigenvalue weighted by atomic mass is 10.1. The highest BCUT2D eigenvalue weighted by molar-refractivity contribution is 5.75. The molecule has 4 nitrogen and oxygen atoms in total. The molecule has 0 amide bonds. The SMILES string of the molecule is CC(C)(C)OC(=O)[C@@H](N)CCCN. The molecule has 0 rings (SSSR count). The van der Waals surface area contributed by atoms with Crippen molar-refractivity contribution in [2.45, 2.75) is 45.3 Å². The number of hydrogen-bond donors (Lipinski definition) is 2. The van der Waals surface area contributed by atoms with Crippen LogP contribution in [0, 0.1) is 0 Å². The second kappa shape index (κ2) is 5.19. The Hall–Kier alpha value is -0.610. The third-order valence-corrected chi connectivity index (χ3v) is 1.43. The molecule has 0 heterocycles. The Morgan fingerprint density at radius 1 is 1.46 bits per heavy atom. The molecule has 78 valence electrons. The Morgan fingerprint density at radius 3 is 2.38 bits per heavy atom. The summed E-state index contributed by atoms with van der Waals surface area (Å²) in [5.41, 5.74) is 10.4. The standard InChI is InChI=1S/C9H20N2O2/c1-9(2,3)13-8(12)7(11)5-4-6-10/h7H,4-6,10-11H2,1-3H3/t7-/m0/s1. The molecule has 0 unspecified atom stereocenters. The minimum atomic E-state index is -0.539. The van der Waals surface area contributed by atoms with Crippen LogP contribution in [0.25, 0.3) is 0 Å². The smallest absolute Gasteiger partial charge is 0.323 e. The van der Waals surface area contributed by atoms with Crippen LogP contribution in [0.1, 0.15) is 33.6 Å². The maximum absolute atomic E-state index is 11.3. The van der Waals surface area contributed by atoms with Gasteiger partial charge in [0.15, 0.2) is 0 Å². The van der Waals surface area contributed by atoms with Gasteiger partial charge in [0.1, 0.15) is 11.6 Å². The summed E-state index contributed by atoms with van der Waals surface area (Å²) >= 11 is 0. The van der Waals surface area contributed by atoms with Gasteiger partial charge in [-0.1, -0.05) is 0 Å². The van der Waals surface area contributed by atoms with Gasteiger partial charge in [-0.3, -0.25) is 4.79 Å². The van der Waals surface area contributed by atoms with E-state index in [-0.39, 0.29) is 5.97 Å². The first kappa shape index (κ1) is 12.4. The summed E-state index contributed by atoms with van der Waals surface area (Å²) < 4.78 is 5.09. The summed E-state index contributed by atoms with van der Waals surface area (Å²) in [6, 6.07) is -0.539. The molecule has 0 radical (unpaired) electrons. The average Bonchev–Trinajstić information content (AvgIpc) is 1.96. The van der Waals surface area contributed by atoms with Crippen LogP contribution in [-0.2, 0) is 9.53 Å². The maximum atomic E-state index is 11.3. The molecule has 4 N–H and O–H groups in total. The molecular weight excluding hydrogens is 168 g/mol. The molecular formula is C9H20N2O2. The van der Waals surface area contributed by atoms with Crippen LogP contribution >= 0.6 is 0 Å². The van der Waals surface area contributed by atoms with Crippen molar-refractivity contribution >= 4 is 5.97 Å². The monoisotopic (exact) mass is 188 g/mol. The summed E-state index contributed by atoms with van der Waals surface area (Å²) in [6.45, 7) is 6.01. The number of rotatable bonds is 4. The van der Waals surface area contributed by atoms with E-state index in [1.807, 2.05) is 20.8 Å². The largest absolute Gasteiger partial charge is 0.459 e. The van der Waals surface area contributed by atoms with Crippen molar-refractivity contribution in [3.63, 3.8) is 0 Å². The Kier molecular flexibility index (Phi) is 4.95. The van der Waals surface area contributed by atoms with Gasteiger partial charge in [0.25, 0.3) is 0 Å². The highest BCUT2D eigenvalue weighted by Gasteiger charge is 2.21. The molecule has 0 spiro atoms. The number of nitrogens with two attached hydrogens (primary N) is 2. The molecule has 4 heteroatoms. The first-order valence-electron chi connectivity index (χ1n) is 4.55. The van der Waals surface area contributed by atoms with Crippen LogP contribution < -0.4 is 11.5 Å². The Morgan fingerprint density at radius 2 is 2.00 bits per heavy atom. The number of ether oxygens (including phenoxy) is 1. The number of hydrogen-bond acceptors (Lipinski definition) is 4. The van der Waals surface area contributed by atoms with E-state index >= 15 is 0 Å². The average molecular weight is 188 g/mol. The van der Waals surface area contributed by atoms with Gasteiger partial charge in [-0.15, -0.1) is 0 Å². The number of esters is 1. The van der Waals surface area contributed by atoms with Gasteiger partial charge in [-0.2, -0.15) is 0 Å². The second-order valence-electron chi connectivity index (χ2n) is 4.07.